The van der Waals surface area contributed by atoms with Gasteiger partial charge < -0.3 is 5.73 Å². The van der Waals surface area contributed by atoms with Gasteiger partial charge in [0.05, 0.1) is 0 Å². The van der Waals surface area contributed by atoms with Crippen molar-refractivity contribution in [2.24, 2.45) is 5.73 Å². The van der Waals surface area contributed by atoms with Gasteiger partial charge >= 0.3 is 0 Å². The first-order valence-electron chi connectivity index (χ1n) is 10.5. The normalized spacial score (nSPS) is 10.9. The smallest absolute Gasteiger partial charge is 0.123 e. The number of amidine groups is 1. The van der Waals surface area contributed by atoms with E-state index in [4.69, 9.17) is 11.1 Å². The van der Waals surface area contributed by atoms with Crippen LogP contribution >= 0.6 is 0 Å². The summed E-state index contributed by atoms with van der Waals surface area (Å²) in [4.78, 5) is 2.46. The second kappa shape index (κ2) is 9.88. The number of nitrogen functional groups attached to an aromatic ring is 1. The first-order valence-corrected chi connectivity index (χ1v) is 10.5. The SMILES string of the molecule is N=C(N)c1ccccc1-c1ccc(CN(Cc2ccccc2)Cc2ccccc2)cc1. The Balaban J connectivity index is 1.54. The molecule has 0 aromatic heterocycles. The van der Waals surface area contributed by atoms with E-state index in [-0.39, 0.29) is 5.84 Å². The number of hydrogen-bond acceptors (Lipinski definition) is 2. The van der Waals surface area contributed by atoms with Gasteiger partial charge in [0.1, 0.15) is 5.84 Å². The van der Waals surface area contributed by atoms with Crippen LogP contribution in [-0.4, -0.2) is 10.7 Å². The zero-order valence-electron chi connectivity index (χ0n) is 17.5. The lowest BCUT2D eigenvalue weighted by molar-refractivity contribution is 0.248. The van der Waals surface area contributed by atoms with Crippen LogP contribution in [0.15, 0.2) is 109 Å². The van der Waals surface area contributed by atoms with Gasteiger partial charge in [0, 0.05) is 25.2 Å². The van der Waals surface area contributed by atoms with E-state index >= 15 is 0 Å². The van der Waals surface area contributed by atoms with Crippen LogP contribution in [-0.2, 0) is 19.6 Å². The lowest BCUT2D eigenvalue weighted by Gasteiger charge is -2.23. The monoisotopic (exact) mass is 405 g/mol. The molecule has 0 atom stereocenters. The maximum atomic E-state index is 7.84. The lowest BCUT2D eigenvalue weighted by atomic mass is 9.98. The Morgan fingerprint density at radius 2 is 1.03 bits per heavy atom. The standard InChI is InChI=1S/C28H27N3/c29-28(30)27-14-8-7-13-26(27)25-17-15-24(16-18-25)21-31(19-22-9-3-1-4-10-22)20-23-11-5-2-6-12-23/h1-18H,19-21H2,(H3,29,30). The summed E-state index contributed by atoms with van der Waals surface area (Å²) in [6.45, 7) is 2.65. The Morgan fingerprint density at radius 1 is 0.581 bits per heavy atom. The molecule has 0 aliphatic rings. The summed E-state index contributed by atoms with van der Waals surface area (Å²) in [5, 5.41) is 7.84. The summed E-state index contributed by atoms with van der Waals surface area (Å²) < 4.78 is 0. The van der Waals surface area contributed by atoms with Gasteiger partial charge in [-0.05, 0) is 27.8 Å². The lowest BCUT2D eigenvalue weighted by Crippen LogP contribution is -2.22. The molecule has 3 nitrogen and oxygen atoms in total. The third kappa shape index (κ3) is 5.47. The minimum Gasteiger partial charge on any atom is -0.384 e. The first-order chi connectivity index (χ1) is 15.2. The molecule has 4 aromatic carbocycles. The van der Waals surface area contributed by atoms with Crippen LogP contribution in [0.4, 0.5) is 0 Å². The van der Waals surface area contributed by atoms with E-state index in [9.17, 15) is 0 Å². The summed E-state index contributed by atoms with van der Waals surface area (Å²) in [7, 11) is 0. The summed E-state index contributed by atoms with van der Waals surface area (Å²) in [6.07, 6.45) is 0. The van der Waals surface area contributed by atoms with E-state index in [1.807, 2.05) is 24.3 Å². The van der Waals surface area contributed by atoms with Crippen LogP contribution in [0.5, 0.6) is 0 Å². The van der Waals surface area contributed by atoms with Gasteiger partial charge in [-0.3, -0.25) is 10.3 Å². The fourth-order valence-corrected chi connectivity index (χ4v) is 3.87. The minimum absolute atomic E-state index is 0.0940. The van der Waals surface area contributed by atoms with Crippen molar-refractivity contribution in [2.45, 2.75) is 19.6 Å². The van der Waals surface area contributed by atoms with Crippen molar-refractivity contribution < 1.29 is 0 Å². The number of nitrogens with two attached hydrogens (primary N) is 1. The molecular formula is C28H27N3. The Bertz CT molecular complexity index is 1080. The second-order valence-corrected chi connectivity index (χ2v) is 7.77. The molecule has 0 saturated heterocycles. The predicted molar refractivity (Wildman–Crippen MR) is 129 cm³/mol. The third-order valence-corrected chi connectivity index (χ3v) is 5.39. The average Bonchev–Trinajstić information content (AvgIpc) is 2.81. The maximum absolute atomic E-state index is 7.84. The Labute approximate surface area is 184 Å². The molecule has 0 spiro atoms. The van der Waals surface area contributed by atoms with E-state index < -0.39 is 0 Å². The highest BCUT2D eigenvalue weighted by atomic mass is 15.1. The molecule has 0 fully saturated rings. The molecule has 4 aromatic rings. The van der Waals surface area contributed by atoms with Crippen molar-refractivity contribution in [3.63, 3.8) is 0 Å². The molecule has 3 heteroatoms. The molecule has 31 heavy (non-hydrogen) atoms. The Morgan fingerprint density at radius 3 is 1.55 bits per heavy atom. The number of rotatable bonds is 8. The van der Waals surface area contributed by atoms with Gasteiger partial charge in [0.2, 0.25) is 0 Å². The third-order valence-electron chi connectivity index (χ3n) is 5.39. The fourth-order valence-electron chi connectivity index (χ4n) is 3.87. The van der Waals surface area contributed by atoms with Crippen molar-refractivity contribution in [1.29, 1.82) is 5.41 Å². The molecule has 0 amide bonds. The van der Waals surface area contributed by atoms with Crippen molar-refractivity contribution in [1.82, 2.24) is 4.90 Å². The second-order valence-electron chi connectivity index (χ2n) is 7.77. The summed E-state index contributed by atoms with van der Waals surface area (Å²) in [6, 6.07) is 37.6. The van der Waals surface area contributed by atoms with Gasteiger partial charge in [-0.25, -0.2) is 0 Å². The predicted octanol–water partition coefficient (Wildman–Crippen LogP) is 5.84. The summed E-state index contributed by atoms with van der Waals surface area (Å²) in [5.41, 5.74) is 12.5. The molecule has 3 N–H and O–H groups in total. The van der Waals surface area contributed by atoms with E-state index in [0.29, 0.717) is 0 Å². The molecule has 0 aliphatic heterocycles. The molecule has 0 aliphatic carbocycles. The van der Waals surface area contributed by atoms with Crippen molar-refractivity contribution in [3.8, 4) is 11.1 Å². The molecule has 0 radical (unpaired) electrons. The zero-order valence-corrected chi connectivity index (χ0v) is 17.5. The van der Waals surface area contributed by atoms with Crippen molar-refractivity contribution in [3.05, 3.63) is 131 Å². The van der Waals surface area contributed by atoms with E-state index in [0.717, 1.165) is 36.3 Å². The fraction of sp³-hybridized carbons (Fsp3) is 0.107. The summed E-state index contributed by atoms with van der Waals surface area (Å²) in [5.74, 6) is 0.0940. The van der Waals surface area contributed by atoms with E-state index in [1.165, 1.54) is 16.7 Å². The molecule has 0 saturated carbocycles. The Hall–Kier alpha value is -3.69. The highest BCUT2D eigenvalue weighted by molar-refractivity contribution is 6.01. The highest BCUT2D eigenvalue weighted by Crippen LogP contribution is 2.24. The zero-order chi connectivity index (χ0) is 21.5. The van der Waals surface area contributed by atoms with Crippen LogP contribution in [0, 0.1) is 5.41 Å². The van der Waals surface area contributed by atoms with Crippen LogP contribution in [0.1, 0.15) is 22.3 Å². The number of hydrogen-bond donors (Lipinski definition) is 2. The quantitative estimate of drug-likeness (QED) is 0.286. The highest BCUT2D eigenvalue weighted by Gasteiger charge is 2.10. The van der Waals surface area contributed by atoms with Gasteiger partial charge in [-0.1, -0.05) is 109 Å². The van der Waals surface area contributed by atoms with Crippen molar-refractivity contribution in [2.75, 3.05) is 0 Å². The molecule has 0 heterocycles. The molecular weight excluding hydrogens is 378 g/mol. The minimum atomic E-state index is 0.0940. The van der Waals surface area contributed by atoms with Gasteiger partial charge in [0.15, 0.2) is 0 Å². The molecule has 0 unspecified atom stereocenters. The van der Waals surface area contributed by atoms with Crippen LogP contribution in [0.25, 0.3) is 11.1 Å². The average molecular weight is 406 g/mol. The maximum Gasteiger partial charge on any atom is 0.123 e. The molecule has 154 valence electrons. The molecule has 4 rings (SSSR count). The number of nitrogens with one attached hydrogen (secondary N) is 1. The number of benzene rings is 4. The Kier molecular flexibility index (Phi) is 6.56. The first kappa shape index (κ1) is 20.6. The largest absolute Gasteiger partial charge is 0.384 e. The van der Waals surface area contributed by atoms with E-state index in [2.05, 4.69) is 89.8 Å². The molecule has 0 bridgehead atoms. The topological polar surface area (TPSA) is 53.1 Å². The summed E-state index contributed by atoms with van der Waals surface area (Å²) >= 11 is 0. The van der Waals surface area contributed by atoms with Crippen molar-refractivity contribution >= 4 is 5.84 Å². The van der Waals surface area contributed by atoms with Gasteiger partial charge in [0.25, 0.3) is 0 Å². The number of nitrogens with zero attached hydrogens (tertiary/aromatic N) is 1. The van der Waals surface area contributed by atoms with Crippen LogP contribution < -0.4 is 5.73 Å². The van der Waals surface area contributed by atoms with Gasteiger partial charge in [-0.15, -0.1) is 0 Å². The van der Waals surface area contributed by atoms with Crippen LogP contribution in [0.2, 0.25) is 0 Å². The van der Waals surface area contributed by atoms with Gasteiger partial charge in [-0.2, -0.15) is 0 Å². The van der Waals surface area contributed by atoms with E-state index in [1.54, 1.807) is 0 Å². The van der Waals surface area contributed by atoms with Crippen LogP contribution in [0.3, 0.4) is 0 Å².